The molecule has 0 saturated carbocycles. The molecule has 8 heteroatoms. The number of para-hydroxylation sites is 1. The molecule has 0 unspecified atom stereocenters. The van der Waals surface area contributed by atoms with E-state index < -0.39 is 0 Å². The van der Waals surface area contributed by atoms with Gasteiger partial charge >= 0.3 is 0 Å². The van der Waals surface area contributed by atoms with Crippen LogP contribution in [0, 0.1) is 5.82 Å². The number of anilines is 2. The molecule has 0 atom stereocenters. The second-order valence-electron chi connectivity index (χ2n) is 5.01. The minimum Gasteiger partial charge on any atom is -0.488 e. The fraction of sp³-hybridized carbons (Fsp3) is 0.0588. The van der Waals surface area contributed by atoms with Gasteiger partial charge in [-0.15, -0.1) is 11.3 Å². The first-order valence-corrected chi connectivity index (χ1v) is 8.53. The van der Waals surface area contributed by atoms with Crippen molar-refractivity contribution in [1.82, 2.24) is 4.98 Å². The number of halogens is 2. The van der Waals surface area contributed by atoms with Crippen molar-refractivity contribution in [2.45, 2.75) is 6.61 Å². The predicted molar refractivity (Wildman–Crippen MR) is 99.9 cm³/mol. The fourth-order valence-corrected chi connectivity index (χ4v) is 2.78. The molecule has 0 saturated heterocycles. The number of hydrazone groups is 1. The van der Waals surface area contributed by atoms with Crippen LogP contribution in [0.3, 0.4) is 0 Å². The van der Waals surface area contributed by atoms with Crippen molar-refractivity contribution in [3.05, 3.63) is 69.8 Å². The van der Waals surface area contributed by atoms with Gasteiger partial charge in [-0.25, -0.2) is 9.37 Å². The number of thiazole rings is 1. The second kappa shape index (κ2) is 7.96. The number of ether oxygens (including phenoxy) is 1. The lowest BCUT2D eigenvalue weighted by molar-refractivity contribution is 0.305. The first kappa shape index (κ1) is 17.2. The Morgan fingerprint density at radius 1 is 1.32 bits per heavy atom. The summed E-state index contributed by atoms with van der Waals surface area (Å²) in [5, 5.41) is 6.79. The van der Waals surface area contributed by atoms with E-state index in [0.717, 1.165) is 5.56 Å². The molecular weight excluding hydrogens is 363 g/mol. The van der Waals surface area contributed by atoms with Gasteiger partial charge in [0.1, 0.15) is 24.0 Å². The van der Waals surface area contributed by atoms with E-state index in [4.69, 9.17) is 22.1 Å². The molecule has 0 amide bonds. The third-order valence-electron chi connectivity index (χ3n) is 3.20. The number of nitrogens with two attached hydrogens (primary N) is 1. The Balaban J connectivity index is 1.68. The third kappa shape index (κ3) is 4.68. The zero-order chi connectivity index (χ0) is 17.6. The van der Waals surface area contributed by atoms with Gasteiger partial charge in [0.25, 0.3) is 0 Å². The average Bonchev–Trinajstić information content (AvgIpc) is 3.00. The van der Waals surface area contributed by atoms with Crippen LogP contribution < -0.4 is 15.9 Å². The van der Waals surface area contributed by atoms with E-state index in [0.29, 0.717) is 27.3 Å². The Labute approximate surface area is 152 Å². The highest BCUT2D eigenvalue weighted by Gasteiger charge is 2.05. The molecule has 1 aromatic heterocycles. The number of nitrogen functional groups attached to an aromatic ring is 1. The molecule has 0 spiro atoms. The van der Waals surface area contributed by atoms with E-state index in [9.17, 15) is 4.39 Å². The van der Waals surface area contributed by atoms with Crippen molar-refractivity contribution >= 4 is 40.1 Å². The van der Waals surface area contributed by atoms with Crippen LogP contribution in [-0.2, 0) is 6.61 Å². The van der Waals surface area contributed by atoms with Gasteiger partial charge in [0.2, 0.25) is 5.13 Å². The van der Waals surface area contributed by atoms with Gasteiger partial charge < -0.3 is 10.5 Å². The zero-order valence-corrected chi connectivity index (χ0v) is 14.5. The minimum absolute atomic E-state index is 0.223. The van der Waals surface area contributed by atoms with Crippen LogP contribution in [0.25, 0.3) is 0 Å². The molecule has 25 heavy (non-hydrogen) atoms. The van der Waals surface area contributed by atoms with Crippen LogP contribution in [0.15, 0.2) is 52.9 Å². The Morgan fingerprint density at radius 3 is 2.92 bits per heavy atom. The van der Waals surface area contributed by atoms with Gasteiger partial charge in [-0.3, -0.25) is 5.43 Å². The monoisotopic (exact) mass is 376 g/mol. The molecule has 3 N–H and O–H groups in total. The van der Waals surface area contributed by atoms with E-state index >= 15 is 0 Å². The van der Waals surface area contributed by atoms with Crippen LogP contribution in [0.2, 0.25) is 5.02 Å². The van der Waals surface area contributed by atoms with Gasteiger partial charge in [-0.05, 0) is 24.3 Å². The maximum atomic E-state index is 13.1. The first-order valence-electron chi connectivity index (χ1n) is 7.27. The molecular formula is C17H14ClFN4OS. The number of rotatable bonds is 6. The van der Waals surface area contributed by atoms with Crippen LogP contribution in [-0.4, -0.2) is 11.2 Å². The van der Waals surface area contributed by atoms with Crippen LogP contribution in [0.4, 0.5) is 15.3 Å². The smallest absolute Gasteiger partial charge is 0.205 e. The van der Waals surface area contributed by atoms with Crippen LogP contribution in [0.5, 0.6) is 5.75 Å². The highest BCUT2D eigenvalue weighted by atomic mass is 35.5. The largest absolute Gasteiger partial charge is 0.488 e. The van der Waals surface area contributed by atoms with Crippen LogP contribution in [0.1, 0.15) is 11.1 Å². The minimum atomic E-state index is -0.379. The average molecular weight is 377 g/mol. The van der Waals surface area contributed by atoms with E-state index in [-0.39, 0.29) is 12.4 Å². The quantitative estimate of drug-likeness (QED) is 0.489. The fourth-order valence-electron chi connectivity index (χ4n) is 2.01. The number of nitrogens with one attached hydrogen (secondary N) is 1. The lowest BCUT2D eigenvalue weighted by Crippen LogP contribution is -2.00. The predicted octanol–water partition coefficient (Wildman–Crippen LogP) is 4.54. The second-order valence-corrected chi connectivity index (χ2v) is 6.28. The summed E-state index contributed by atoms with van der Waals surface area (Å²) in [7, 11) is 0. The van der Waals surface area contributed by atoms with E-state index in [1.807, 2.05) is 24.3 Å². The Hall–Kier alpha value is -2.64. The number of hydrogen-bond acceptors (Lipinski definition) is 6. The number of benzene rings is 2. The van der Waals surface area contributed by atoms with Gasteiger partial charge in [0.15, 0.2) is 0 Å². The maximum Gasteiger partial charge on any atom is 0.205 e. The summed E-state index contributed by atoms with van der Waals surface area (Å²) in [6.07, 6.45) is 1.62. The molecule has 0 fully saturated rings. The van der Waals surface area contributed by atoms with E-state index in [1.54, 1.807) is 17.7 Å². The summed E-state index contributed by atoms with van der Waals surface area (Å²) in [5.41, 5.74) is 9.84. The molecule has 5 nitrogen and oxygen atoms in total. The van der Waals surface area contributed by atoms with Crippen molar-refractivity contribution in [1.29, 1.82) is 0 Å². The van der Waals surface area contributed by atoms with E-state index in [1.165, 1.54) is 23.5 Å². The molecule has 0 aliphatic rings. The van der Waals surface area contributed by atoms with Crippen molar-refractivity contribution in [2.75, 3.05) is 11.2 Å². The molecule has 3 aromatic rings. The topological polar surface area (TPSA) is 72.5 Å². The molecule has 2 aromatic carbocycles. The summed E-state index contributed by atoms with van der Waals surface area (Å²) in [4.78, 5) is 4.05. The Bertz CT molecular complexity index is 900. The lowest BCUT2D eigenvalue weighted by atomic mass is 10.2. The first-order chi connectivity index (χ1) is 12.1. The summed E-state index contributed by atoms with van der Waals surface area (Å²) < 4.78 is 18.9. The summed E-state index contributed by atoms with van der Waals surface area (Å²) in [6, 6.07) is 11.6. The molecule has 3 rings (SSSR count). The highest BCUT2D eigenvalue weighted by molar-refractivity contribution is 7.14. The standard InChI is InChI=1S/C17H14ClFN4OS/c18-14-7-13(19)6-5-12(14)9-24-15-4-2-1-3-11(15)8-21-23-17-22-16(20)10-25-17/h1-8,10H,9,20H2,(H,22,23). The Kier molecular flexibility index (Phi) is 5.47. The van der Waals surface area contributed by atoms with Gasteiger partial charge in [-0.1, -0.05) is 29.8 Å². The van der Waals surface area contributed by atoms with Crippen molar-refractivity contribution in [3.63, 3.8) is 0 Å². The zero-order valence-electron chi connectivity index (χ0n) is 12.9. The maximum absolute atomic E-state index is 13.1. The summed E-state index contributed by atoms with van der Waals surface area (Å²) in [6.45, 7) is 0.223. The molecule has 0 aliphatic carbocycles. The summed E-state index contributed by atoms with van der Waals surface area (Å²) >= 11 is 7.38. The molecule has 128 valence electrons. The Morgan fingerprint density at radius 2 is 2.16 bits per heavy atom. The van der Waals surface area contributed by atoms with Crippen molar-refractivity contribution < 1.29 is 9.13 Å². The molecule has 0 aliphatic heterocycles. The van der Waals surface area contributed by atoms with Gasteiger partial charge in [0, 0.05) is 16.5 Å². The van der Waals surface area contributed by atoms with Gasteiger partial charge in [-0.2, -0.15) is 5.10 Å². The van der Waals surface area contributed by atoms with Crippen LogP contribution >= 0.6 is 22.9 Å². The van der Waals surface area contributed by atoms with E-state index in [2.05, 4.69) is 15.5 Å². The molecule has 0 radical (unpaired) electrons. The summed E-state index contributed by atoms with van der Waals surface area (Å²) in [5.74, 6) is 0.699. The number of aromatic nitrogens is 1. The lowest BCUT2D eigenvalue weighted by Gasteiger charge is -2.10. The van der Waals surface area contributed by atoms with Gasteiger partial charge in [0.05, 0.1) is 11.2 Å². The van der Waals surface area contributed by atoms with Crippen molar-refractivity contribution in [2.24, 2.45) is 5.10 Å². The molecule has 0 bridgehead atoms. The normalized spacial score (nSPS) is 11.0. The van der Waals surface area contributed by atoms with Crippen molar-refractivity contribution in [3.8, 4) is 5.75 Å². The number of nitrogens with zero attached hydrogens (tertiary/aromatic N) is 2. The SMILES string of the molecule is Nc1csc(NN=Cc2ccccc2OCc2ccc(F)cc2Cl)n1. The number of hydrogen-bond donors (Lipinski definition) is 2. The third-order valence-corrected chi connectivity index (χ3v) is 4.32. The molecule has 1 heterocycles. The highest BCUT2D eigenvalue weighted by Crippen LogP contribution is 2.22.